The van der Waals surface area contributed by atoms with Crippen molar-refractivity contribution in [2.45, 2.75) is 25.9 Å². The second kappa shape index (κ2) is 13.8. The number of urea groups is 1. The van der Waals surface area contributed by atoms with Gasteiger partial charge in [0.05, 0.1) is 0 Å². The van der Waals surface area contributed by atoms with Crippen LogP contribution in [0.25, 0.3) is 0 Å². The molecule has 0 spiro atoms. The van der Waals surface area contributed by atoms with Crippen LogP contribution in [0.15, 0.2) is 48.8 Å². The summed E-state index contributed by atoms with van der Waals surface area (Å²) in [5.74, 6) is -0.0288. The number of rotatable bonds is 8. The molecule has 0 aliphatic heterocycles. The third-order valence-electron chi connectivity index (χ3n) is 3.48. The Labute approximate surface area is 171 Å². The highest BCUT2D eigenvalue weighted by Gasteiger charge is 2.04. The quantitative estimate of drug-likeness (QED) is 0.532. The molecule has 2 rings (SSSR count). The van der Waals surface area contributed by atoms with Crippen LogP contribution in [0.1, 0.15) is 24.0 Å². The fraction of sp³-hybridized carbons (Fsp3) is 0.278. The Balaban J connectivity index is 0.00000338. The zero-order valence-electron chi connectivity index (χ0n) is 14.8. The molecule has 0 aliphatic carbocycles. The summed E-state index contributed by atoms with van der Waals surface area (Å²) in [5.41, 5.74) is 7.93. The molecule has 148 valence electrons. The first-order chi connectivity index (χ1) is 12.2. The van der Waals surface area contributed by atoms with Gasteiger partial charge in [-0.3, -0.25) is 9.78 Å². The summed E-state index contributed by atoms with van der Waals surface area (Å²) in [6.45, 7) is 1.34. The van der Waals surface area contributed by atoms with Gasteiger partial charge in [-0.05, 0) is 48.4 Å². The number of carbonyl (C=O) groups is 2. The van der Waals surface area contributed by atoms with Crippen molar-refractivity contribution in [1.29, 1.82) is 0 Å². The third-order valence-corrected chi connectivity index (χ3v) is 3.48. The van der Waals surface area contributed by atoms with Crippen molar-refractivity contribution < 1.29 is 9.59 Å². The lowest BCUT2D eigenvalue weighted by atomic mass is 10.2. The van der Waals surface area contributed by atoms with E-state index >= 15 is 0 Å². The van der Waals surface area contributed by atoms with Crippen LogP contribution >= 0.6 is 24.8 Å². The highest BCUT2D eigenvalue weighted by molar-refractivity contribution is 5.89. The van der Waals surface area contributed by atoms with E-state index in [4.69, 9.17) is 5.73 Å². The van der Waals surface area contributed by atoms with Crippen LogP contribution in [0.5, 0.6) is 0 Å². The van der Waals surface area contributed by atoms with Gasteiger partial charge in [-0.1, -0.05) is 12.1 Å². The molecule has 5 N–H and O–H groups in total. The fourth-order valence-electron chi connectivity index (χ4n) is 2.17. The lowest BCUT2D eigenvalue weighted by Crippen LogP contribution is -2.28. The lowest BCUT2D eigenvalue weighted by molar-refractivity contribution is -0.121. The average Bonchev–Trinajstić information content (AvgIpc) is 2.64. The minimum atomic E-state index is -0.291. The van der Waals surface area contributed by atoms with E-state index in [1.165, 1.54) is 0 Å². The summed E-state index contributed by atoms with van der Waals surface area (Å²) >= 11 is 0. The van der Waals surface area contributed by atoms with Crippen LogP contribution in [-0.4, -0.2) is 23.5 Å². The van der Waals surface area contributed by atoms with E-state index in [-0.39, 0.29) is 36.8 Å². The molecule has 0 aliphatic rings. The van der Waals surface area contributed by atoms with Gasteiger partial charge < -0.3 is 21.7 Å². The molecule has 27 heavy (non-hydrogen) atoms. The predicted molar refractivity (Wildman–Crippen MR) is 111 cm³/mol. The van der Waals surface area contributed by atoms with Crippen molar-refractivity contribution >= 4 is 42.4 Å². The SMILES string of the molecule is Cl.Cl.NCCCC(=O)NCc1cccc(NC(=O)NCc2ccncc2)c1. The number of pyridine rings is 1. The summed E-state index contributed by atoms with van der Waals surface area (Å²) in [7, 11) is 0. The second-order valence-electron chi connectivity index (χ2n) is 5.53. The maximum atomic E-state index is 12.0. The summed E-state index contributed by atoms with van der Waals surface area (Å²) < 4.78 is 0. The number of anilines is 1. The van der Waals surface area contributed by atoms with Gasteiger partial charge in [-0.25, -0.2) is 4.79 Å². The highest BCUT2D eigenvalue weighted by Crippen LogP contribution is 2.10. The Morgan fingerprint density at radius 2 is 1.67 bits per heavy atom. The molecule has 1 aromatic heterocycles. The Morgan fingerprint density at radius 3 is 2.37 bits per heavy atom. The molecule has 0 radical (unpaired) electrons. The number of benzene rings is 1. The van der Waals surface area contributed by atoms with Gasteiger partial charge in [0.15, 0.2) is 0 Å². The van der Waals surface area contributed by atoms with Crippen LogP contribution in [0.4, 0.5) is 10.5 Å². The van der Waals surface area contributed by atoms with E-state index in [1.807, 2.05) is 30.3 Å². The first kappa shape index (κ1) is 24.7. The van der Waals surface area contributed by atoms with Gasteiger partial charge in [0.2, 0.25) is 5.91 Å². The van der Waals surface area contributed by atoms with E-state index in [0.717, 1.165) is 11.1 Å². The zero-order valence-corrected chi connectivity index (χ0v) is 16.4. The van der Waals surface area contributed by atoms with Crippen LogP contribution < -0.4 is 21.7 Å². The van der Waals surface area contributed by atoms with E-state index in [2.05, 4.69) is 20.9 Å². The number of carbonyl (C=O) groups excluding carboxylic acids is 2. The number of hydrogen-bond donors (Lipinski definition) is 4. The second-order valence-corrected chi connectivity index (χ2v) is 5.53. The summed E-state index contributed by atoms with van der Waals surface area (Å²) in [6, 6.07) is 10.7. The summed E-state index contributed by atoms with van der Waals surface area (Å²) in [5, 5.41) is 8.39. The number of nitrogens with two attached hydrogens (primary N) is 1. The number of nitrogens with zero attached hydrogens (tertiary/aromatic N) is 1. The molecule has 0 unspecified atom stereocenters. The van der Waals surface area contributed by atoms with Gasteiger partial charge in [0.1, 0.15) is 0 Å². The number of aromatic nitrogens is 1. The van der Waals surface area contributed by atoms with E-state index in [1.54, 1.807) is 18.5 Å². The Morgan fingerprint density at radius 1 is 0.963 bits per heavy atom. The van der Waals surface area contributed by atoms with E-state index in [0.29, 0.717) is 38.2 Å². The molecule has 0 saturated heterocycles. The molecule has 3 amide bonds. The van der Waals surface area contributed by atoms with Gasteiger partial charge in [0, 0.05) is 37.6 Å². The largest absolute Gasteiger partial charge is 0.352 e. The zero-order chi connectivity index (χ0) is 17.9. The van der Waals surface area contributed by atoms with Crippen LogP contribution in [0, 0.1) is 0 Å². The molecule has 1 aromatic carbocycles. The molecule has 9 heteroatoms. The van der Waals surface area contributed by atoms with Crippen molar-refractivity contribution in [3.05, 3.63) is 59.9 Å². The summed E-state index contributed by atoms with van der Waals surface area (Å²) in [6.07, 6.45) is 4.46. The molecular weight excluding hydrogens is 389 g/mol. The van der Waals surface area contributed by atoms with Crippen molar-refractivity contribution in [2.75, 3.05) is 11.9 Å². The fourth-order valence-corrected chi connectivity index (χ4v) is 2.17. The number of amides is 3. The van der Waals surface area contributed by atoms with Gasteiger partial charge in [-0.2, -0.15) is 0 Å². The van der Waals surface area contributed by atoms with Crippen molar-refractivity contribution in [1.82, 2.24) is 15.6 Å². The third kappa shape index (κ3) is 9.79. The monoisotopic (exact) mass is 413 g/mol. The number of halogens is 2. The van der Waals surface area contributed by atoms with Crippen molar-refractivity contribution in [2.24, 2.45) is 5.73 Å². The van der Waals surface area contributed by atoms with Crippen LogP contribution in [-0.2, 0) is 17.9 Å². The topological polar surface area (TPSA) is 109 Å². The van der Waals surface area contributed by atoms with E-state index < -0.39 is 0 Å². The van der Waals surface area contributed by atoms with Gasteiger partial charge in [0.25, 0.3) is 0 Å². The maximum absolute atomic E-state index is 12.0. The van der Waals surface area contributed by atoms with Crippen LogP contribution in [0.2, 0.25) is 0 Å². The van der Waals surface area contributed by atoms with E-state index in [9.17, 15) is 9.59 Å². The standard InChI is InChI=1S/C18H23N5O2.2ClH/c19-8-2-5-17(24)21-13-15-3-1-4-16(11-15)23-18(25)22-12-14-6-9-20-10-7-14;;/h1,3-4,6-7,9-11H,2,5,8,12-13,19H2,(H,21,24)(H2,22,23,25);2*1H. The normalized spacial score (nSPS) is 9.37. The molecular formula is C18H25Cl2N5O2. The highest BCUT2D eigenvalue weighted by atomic mass is 35.5. The predicted octanol–water partition coefficient (Wildman–Crippen LogP) is 2.60. The molecule has 0 bridgehead atoms. The molecule has 0 atom stereocenters. The Bertz CT molecular complexity index is 701. The van der Waals surface area contributed by atoms with Gasteiger partial charge >= 0.3 is 6.03 Å². The molecule has 7 nitrogen and oxygen atoms in total. The summed E-state index contributed by atoms with van der Waals surface area (Å²) in [4.78, 5) is 27.5. The first-order valence-electron chi connectivity index (χ1n) is 8.17. The average molecular weight is 414 g/mol. The number of nitrogens with one attached hydrogen (secondary N) is 3. The van der Waals surface area contributed by atoms with Crippen molar-refractivity contribution in [3.63, 3.8) is 0 Å². The molecule has 0 fully saturated rings. The Kier molecular flexibility index (Phi) is 12.6. The number of hydrogen-bond acceptors (Lipinski definition) is 4. The van der Waals surface area contributed by atoms with Crippen LogP contribution in [0.3, 0.4) is 0 Å². The molecule has 0 saturated carbocycles. The lowest BCUT2D eigenvalue weighted by Gasteiger charge is -2.10. The molecule has 1 heterocycles. The smallest absolute Gasteiger partial charge is 0.319 e. The molecule has 2 aromatic rings. The minimum absolute atomic E-state index is 0. The first-order valence-corrected chi connectivity index (χ1v) is 8.17. The Hall–Kier alpha value is -2.35. The minimum Gasteiger partial charge on any atom is -0.352 e. The maximum Gasteiger partial charge on any atom is 0.319 e. The van der Waals surface area contributed by atoms with Crippen molar-refractivity contribution in [3.8, 4) is 0 Å². The van der Waals surface area contributed by atoms with Gasteiger partial charge in [-0.15, -0.1) is 24.8 Å².